The molecule has 0 aromatic carbocycles. The molecule has 0 aromatic heterocycles. The van der Waals surface area contributed by atoms with Gasteiger partial charge in [0.15, 0.2) is 8.32 Å². The molecule has 1 aliphatic carbocycles. The molecule has 8 heteroatoms. The van der Waals surface area contributed by atoms with Crippen LogP contribution in [0.2, 0.25) is 18.1 Å². The molecule has 32 heavy (non-hydrogen) atoms. The smallest absolute Gasteiger partial charge is 0.410 e. The second-order valence-corrected chi connectivity index (χ2v) is 20.1. The molecule has 1 spiro atoms. The summed E-state index contributed by atoms with van der Waals surface area (Å²) in [6.45, 7) is 24.5. The maximum atomic E-state index is 13.0. The van der Waals surface area contributed by atoms with Gasteiger partial charge in [-0.25, -0.2) is 4.79 Å². The summed E-state index contributed by atoms with van der Waals surface area (Å²) in [5, 5.41) is 0.153. The van der Waals surface area contributed by atoms with Crippen molar-refractivity contribution < 1.29 is 18.5 Å². The summed E-state index contributed by atoms with van der Waals surface area (Å²) in [5.41, 5.74) is -0.498. The zero-order valence-corrected chi connectivity index (χ0v) is 24.2. The van der Waals surface area contributed by atoms with Gasteiger partial charge in [-0.15, -0.1) is 4.72 Å². The number of likely N-dealkylation sites (tertiary alicyclic amines) is 1. The zero-order chi connectivity index (χ0) is 24.8. The molecule has 0 radical (unpaired) electrons. The third-order valence-corrected chi connectivity index (χ3v) is 13.5. The Morgan fingerprint density at radius 2 is 1.59 bits per heavy atom. The van der Waals surface area contributed by atoms with E-state index in [9.17, 15) is 9.35 Å². The first-order chi connectivity index (χ1) is 14.3. The van der Waals surface area contributed by atoms with Crippen molar-refractivity contribution in [1.29, 1.82) is 0 Å². The van der Waals surface area contributed by atoms with E-state index in [1.54, 1.807) is 0 Å². The van der Waals surface area contributed by atoms with Gasteiger partial charge in [-0.2, -0.15) is 0 Å². The van der Waals surface area contributed by atoms with E-state index in [0.717, 1.165) is 25.7 Å². The number of carbonyl (C=O) groups is 1. The Bertz CT molecular complexity index is 658. The number of rotatable bonds is 4. The molecule has 0 bridgehead atoms. The third kappa shape index (κ3) is 6.87. The third-order valence-electron chi connectivity index (χ3n) is 7.36. The summed E-state index contributed by atoms with van der Waals surface area (Å²) >= 11 is -1.14. The van der Waals surface area contributed by atoms with Gasteiger partial charge in [0.05, 0.1) is 6.04 Å². The maximum absolute atomic E-state index is 13.0. The number of nitrogens with one attached hydrogen (secondary N) is 1. The number of hydrogen-bond acceptors (Lipinski definition) is 5. The van der Waals surface area contributed by atoms with E-state index in [4.69, 9.17) is 9.16 Å². The zero-order valence-electron chi connectivity index (χ0n) is 22.4. The lowest BCUT2D eigenvalue weighted by molar-refractivity contribution is 0.00700. The number of nitrogens with zero attached hydrogens (tertiary/aromatic N) is 1. The average molecular weight is 489 g/mol. The molecule has 6 nitrogen and oxygen atoms in total. The van der Waals surface area contributed by atoms with Crippen LogP contribution in [0.15, 0.2) is 0 Å². The average Bonchev–Trinajstić information content (AvgIpc) is 2.87. The number of carbonyl (C=O) groups excluding carboxylic acids is 1. The standard InChI is InChI=1S/C24H48N2O4SSi/c1-21(2,3)29-20(27)26-14-12-24(13-15-26)17-18(30-32(10,11)23(7,8)9)16-19(24)25-31(28)22(4,5)6/h18-19,25H,12-17H2,1-11H3. The highest BCUT2D eigenvalue weighted by Crippen LogP contribution is 2.50. The molecule has 1 N–H and O–H groups in total. The van der Waals surface area contributed by atoms with Crippen LogP contribution >= 0.6 is 0 Å². The molecule has 1 amide bonds. The molecule has 0 aromatic rings. The first-order valence-corrected chi connectivity index (χ1v) is 16.2. The van der Waals surface area contributed by atoms with Gasteiger partial charge in [-0.3, -0.25) is 0 Å². The molecule has 188 valence electrons. The van der Waals surface area contributed by atoms with Gasteiger partial charge >= 0.3 is 6.09 Å². The van der Waals surface area contributed by atoms with Crippen LogP contribution in [-0.2, 0) is 20.5 Å². The van der Waals surface area contributed by atoms with E-state index in [1.807, 2.05) is 46.4 Å². The van der Waals surface area contributed by atoms with Crippen molar-refractivity contribution >= 4 is 25.8 Å². The number of ether oxygens (including phenoxy) is 1. The largest absolute Gasteiger partial charge is 0.598 e. The summed E-state index contributed by atoms with van der Waals surface area (Å²) < 4.78 is 28.6. The molecule has 2 fully saturated rings. The summed E-state index contributed by atoms with van der Waals surface area (Å²) in [4.78, 5) is 14.4. The molecule has 3 atom stereocenters. The van der Waals surface area contributed by atoms with Crippen LogP contribution in [0.5, 0.6) is 0 Å². The molecular weight excluding hydrogens is 440 g/mol. The summed E-state index contributed by atoms with van der Waals surface area (Å²) in [7, 11) is -1.90. The van der Waals surface area contributed by atoms with Crippen molar-refractivity contribution in [2.45, 2.75) is 129 Å². The van der Waals surface area contributed by atoms with E-state index in [0.29, 0.717) is 13.1 Å². The van der Waals surface area contributed by atoms with Crippen molar-refractivity contribution in [3.05, 3.63) is 0 Å². The fourth-order valence-corrected chi connectivity index (χ4v) is 6.69. The van der Waals surface area contributed by atoms with Crippen molar-refractivity contribution in [1.82, 2.24) is 9.62 Å². The Morgan fingerprint density at radius 1 is 1.06 bits per heavy atom. The fraction of sp³-hybridized carbons (Fsp3) is 0.958. The highest BCUT2D eigenvalue weighted by atomic mass is 32.2. The van der Waals surface area contributed by atoms with E-state index < -0.39 is 25.3 Å². The Hall–Kier alpha value is -0.283. The van der Waals surface area contributed by atoms with E-state index in [2.05, 4.69) is 38.6 Å². The molecule has 1 saturated carbocycles. The van der Waals surface area contributed by atoms with Crippen LogP contribution in [-0.4, -0.2) is 59.4 Å². The van der Waals surface area contributed by atoms with Crippen LogP contribution in [0.4, 0.5) is 4.79 Å². The minimum Gasteiger partial charge on any atom is -0.598 e. The van der Waals surface area contributed by atoms with Crippen molar-refractivity contribution in [2.75, 3.05) is 13.1 Å². The molecule has 2 rings (SSSR count). The van der Waals surface area contributed by atoms with Gasteiger partial charge in [-0.05, 0) is 90.8 Å². The lowest BCUT2D eigenvalue weighted by Gasteiger charge is -2.44. The molecule has 1 heterocycles. The van der Waals surface area contributed by atoms with Crippen molar-refractivity contribution in [3.8, 4) is 0 Å². The van der Waals surface area contributed by atoms with Crippen LogP contribution in [0.25, 0.3) is 0 Å². The normalized spacial score (nSPS) is 25.8. The van der Waals surface area contributed by atoms with Gasteiger partial charge in [-0.1, -0.05) is 20.8 Å². The van der Waals surface area contributed by atoms with E-state index in [-0.39, 0.29) is 33.4 Å². The predicted octanol–water partition coefficient (Wildman–Crippen LogP) is 5.61. The topological polar surface area (TPSA) is 73.9 Å². The maximum Gasteiger partial charge on any atom is 0.410 e. The molecule has 1 saturated heterocycles. The molecule has 3 unspecified atom stereocenters. The summed E-state index contributed by atoms with van der Waals surface area (Å²) in [5.74, 6) is 0. The van der Waals surface area contributed by atoms with E-state index in [1.165, 1.54) is 0 Å². The van der Waals surface area contributed by atoms with Gasteiger partial charge in [0, 0.05) is 30.6 Å². The Kier molecular flexibility index (Phi) is 8.21. The number of piperidine rings is 1. The van der Waals surface area contributed by atoms with Gasteiger partial charge in [0.2, 0.25) is 0 Å². The minimum atomic E-state index is -1.90. The van der Waals surface area contributed by atoms with Gasteiger partial charge in [0.25, 0.3) is 0 Å². The first kappa shape index (κ1) is 28.0. The second-order valence-electron chi connectivity index (χ2n) is 13.3. The number of amides is 1. The minimum absolute atomic E-state index is 0.00749. The van der Waals surface area contributed by atoms with Crippen LogP contribution in [0, 0.1) is 5.41 Å². The van der Waals surface area contributed by atoms with Crippen LogP contribution in [0.1, 0.15) is 88.0 Å². The van der Waals surface area contributed by atoms with E-state index >= 15 is 0 Å². The lowest BCUT2D eigenvalue weighted by Crippen LogP contribution is -2.54. The fourth-order valence-electron chi connectivity index (χ4n) is 4.37. The molecule has 2 aliphatic rings. The molecule has 1 aliphatic heterocycles. The Balaban J connectivity index is 2.17. The predicted molar refractivity (Wildman–Crippen MR) is 136 cm³/mol. The molecular formula is C24H48N2O4SSi. The Morgan fingerprint density at radius 3 is 2.03 bits per heavy atom. The number of hydrogen-bond donors (Lipinski definition) is 1. The lowest BCUT2D eigenvalue weighted by atomic mass is 9.74. The van der Waals surface area contributed by atoms with Gasteiger partial charge < -0.3 is 18.6 Å². The monoisotopic (exact) mass is 488 g/mol. The van der Waals surface area contributed by atoms with Crippen LogP contribution in [0.3, 0.4) is 0 Å². The highest BCUT2D eigenvalue weighted by molar-refractivity contribution is 7.90. The second kappa shape index (κ2) is 9.40. The Labute approximate surface area is 201 Å². The summed E-state index contributed by atoms with van der Waals surface area (Å²) in [6.07, 6.45) is 3.52. The SMILES string of the molecule is CC(C)(C)OC(=O)N1CCC2(CC1)CC(O[Si](C)(C)C(C)(C)C)CC2N[S+]([O-])C(C)(C)C. The van der Waals surface area contributed by atoms with Crippen molar-refractivity contribution in [3.63, 3.8) is 0 Å². The summed E-state index contributed by atoms with van der Waals surface area (Å²) in [6, 6.07) is 0.123. The highest BCUT2D eigenvalue weighted by Gasteiger charge is 2.53. The first-order valence-electron chi connectivity index (χ1n) is 12.1. The quantitative estimate of drug-likeness (QED) is 0.411. The van der Waals surface area contributed by atoms with Crippen molar-refractivity contribution in [2.24, 2.45) is 5.41 Å². The van der Waals surface area contributed by atoms with Crippen LogP contribution < -0.4 is 4.72 Å². The van der Waals surface area contributed by atoms with Gasteiger partial charge in [0.1, 0.15) is 10.3 Å².